The summed E-state index contributed by atoms with van der Waals surface area (Å²) in [6.07, 6.45) is 1.00. The third-order valence-corrected chi connectivity index (χ3v) is 4.44. The van der Waals surface area contributed by atoms with Crippen molar-refractivity contribution in [2.45, 2.75) is 26.3 Å². The summed E-state index contributed by atoms with van der Waals surface area (Å²) in [5, 5.41) is 0. The Morgan fingerprint density at radius 1 is 1.14 bits per heavy atom. The summed E-state index contributed by atoms with van der Waals surface area (Å²) < 4.78 is 0. The van der Waals surface area contributed by atoms with Crippen LogP contribution in [0.15, 0.2) is 30.3 Å². The number of benzene rings is 1. The highest BCUT2D eigenvalue weighted by Crippen LogP contribution is 2.24. The second kappa shape index (κ2) is 8.30. The molecule has 4 heteroatoms. The molecule has 1 aromatic rings. The van der Waals surface area contributed by atoms with Crippen LogP contribution in [0, 0.1) is 0 Å². The van der Waals surface area contributed by atoms with Gasteiger partial charge in [0, 0.05) is 39.3 Å². The van der Waals surface area contributed by atoms with Gasteiger partial charge >= 0.3 is 0 Å². The predicted octanol–water partition coefficient (Wildman–Crippen LogP) is 2.23. The summed E-state index contributed by atoms with van der Waals surface area (Å²) >= 11 is 0. The van der Waals surface area contributed by atoms with E-state index in [9.17, 15) is 4.79 Å². The molecule has 1 aromatic carbocycles. The summed E-state index contributed by atoms with van der Waals surface area (Å²) in [6.45, 7) is 9.77. The SMILES string of the molecule is CCCN(CC)C(=O)C(c1ccccc1)N1CCN(C)CC1. The number of amides is 1. The van der Waals surface area contributed by atoms with Crippen molar-refractivity contribution in [3.8, 4) is 0 Å². The molecule has 1 fully saturated rings. The molecule has 0 aliphatic carbocycles. The van der Waals surface area contributed by atoms with E-state index in [-0.39, 0.29) is 11.9 Å². The monoisotopic (exact) mass is 303 g/mol. The second-order valence-corrected chi connectivity index (χ2v) is 6.07. The highest BCUT2D eigenvalue weighted by atomic mass is 16.2. The fourth-order valence-corrected chi connectivity index (χ4v) is 3.09. The van der Waals surface area contributed by atoms with Crippen molar-refractivity contribution in [1.29, 1.82) is 0 Å². The number of piperazine rings is 1. The van der Waals surface area contributed by atoms with Crippen LogP contribution < -0.4 is 0 Å². The van der Waals surface area contributed by atoms with Crippen molar-refractivity contribution in [2.75, 3.05) is 46.3 Å². The summed E-state index contributed by atoms with van der Waals surface area (Å²) in [5.41, 5.74) is 1.12. The first-order chi connectivity index (χ1) is 10.7. The summed E-state index contributed by atoms with van der Waals surface area (Å²) in [6, 6.07) is 10.1. The first kappa shape index (κ1) is 17.0. The minimum atomic E-state index is -0.138. The van der Waals surface area contributed by atoms with Crippen LogP contribution in [0.4, 0.5) is 0 Å². The molecule has 0 radical (unpaired) electrons. The minimum absolute atomic E-state index is 0.138. The smallest absolute Gasteiger partial charge is 0.244 e. The minimum Gasteiger partial charge on any atom is -0.341 e. The van der Waals surface area contributed by atoms with Crippen molar-refractivity contribution in [1.82, 2.24) is 14.7 Å². The zero-order valence-electron chi connectivity index (χ0n) is 14.2. The van der Waals surface area contributed by atoms with E-state index in [0.717, 1.165) is 51.3 Å². The van der Waals surface area contributed by atoms with Gasteiger partial charge in [-0.3, -0.25) is 9.69 Å². The first-order valence-corrected chi connectivity index (χ1v) is 8.43. The molecule has 122 valence electrons. The molecule has 2 rings (SSSR count). The lowest BCUT2D eigenvalue weighted by molar-refractivity contribution is -0.138. The highest BCUT2D eigenvalue weighted by molar-refractivity contribution is 5.83. The Morgan fingerprint density at radius 2 is 1.77 bits per heavy atom. The molecule has 22 heavy (non-hydrogen) atoms. The van der Waals surface area contributed by atoms with Gasteiger partial charge in [0.25, 0.3) is 0 Å². The fraction of sp³-hybridized carbons (Fsp3) is 0.611. The van der Waals surface area contributed by atoms with Gasteiger partial charge in [-0.15, -0.1) is 0 Å². The van der Waals surface area contributed by atoms with Crippen LogP contribution in [0.1, 0.15) is 31.9 Å². The lowest BCUT2D eigenvalue weighted by atomic mass is 10.0. The van der Waals surface area contributed by atoms with Gasteiger partial charge < -0.3 is 9.80 Å². The Bertz CT molecular complexity index is 455. The third-order valence-electron chi connectivity index (χ3n) is 4.44. The van der Waals surface area contributed by atoms with Crippen molar-refractivity contribution >= 4 is 5.91 Å². The normalized spacial score (nSPS) is 18.1. The molecule has 0 bridgehead atoms. The molecule has 1 atom stereocenters. The van der Waals surface area contributed by atoms with E-state index < -0.39 is 0 Å². The molecule has 1 aliphatic heterocycles. The Hall–Kier alpha value is -1.39. The Kier molecular flexibility index (Phi) is 6.40. The van der Waals surface area contributed by atoms with Gasteiger partial charge in [0.15, 0.2) is 0 Å². The van der Waals surface area contributed by atoms with E-state index in [4.69, 9.17) is 0 Å². The summed E-state index contributed by atoms with van der Waals surface area (Å²) in [5.74, 6) is 0.250. The molecule has 4 nitrogen and oxygen atoms in total. The number of hydrogen-bond acceptors (Lipinski definition) is 3. The van der Waals surface area contributed by atoms with E-state index in [0.29, 0.717) is 0 Å². The summed E-state index contributed by atoms with van der Waals surface area (Å²) in [7, 11) is 2.14. The molecular formula is C18H29N3O. The molecule has 0 saturated carbocycles. The van der Waals surface area contributed by atoms with E-state index in [2.05, 4.69) is 42.8 Å². The molecular weight excluding hydrogens is 274 g/mol. The zero-order valence-corrected chi connectivity index (χ0v) is 14.2. The van der Waals surface area contributed by atoms with Crippen LogP contribution in [0.5, 0.6) is 0 Å². The van der Waals surface area contributed by atoms with Gasteiger partial charge in [-0.1, -0.05) is 37.3 Å². The van der Waals surface area contributed by atoms with Crippen LogP contribution in [0.3, 0.4) is 0 Å². The number of likely N-dealkylation sites (N-methyl/N-ethyl adjacent to an activating group) is 2. The van der Waals surface area contributed by atoms with Crippen LogP contribution in [0.2, 0.25) is 0 Å². The molecule has 1 unspecified atom stereocenters. The second-order valence-electron chi connectivity index (χ2n) is 6.07. The van der Waals surface area contributed by atoms with E-state index in [1.54, 1.807) is 0 Å². The first-order valence-electron chi connectivity index (χ1n) is 8.43. The average molecular weight is 303 g/mol. The van der Waals surface area contributed by atoms with E-state index in [1.165, 1.54) is 0 Å². The molecule has 0 spiro atoms. The lowest BCUT2D eigenvalue weighted by Gasteiger charge is -2.39. The van der Waals surface area contributed by atoms with E-state index in [1.807, 2.05) is 23.1 Å². The maximum atomic E-state index is 13.1. The summed E-state index contributed by atoms with van der Waals surface area (Å²) in [4.78, 5) is 19.8. The molecule has 0 aromatic heterocycles. The fourth-order valence-electron chi connectivity index (χ4n) is 3.09. The molecule has 1 aliphatic rings. The van der Waals surface area contributed by atoms with Gasteiger partial charge in [0.1, 0.15) is 6.04 Å². The number of nitrogens with zero attached hydrogens (tertiary/aromatic N) is 3. The topological polar surface area (TPSA) is 26.8 Å². The number of rotatable bonds is 6. The van der Waals surface area contributed by atoms with Gasteiger partial charge in [0.05, 0.1) is 0 Å². The predicted molar refractivity (Wildman–Crippen MR) is 90.8 cm³/mol. The number of carbonyl (C=O) groups is 1. The standard InChI is InChI=1S/C18H29N3O/c1-4-11-20(5-2)18(22)17(16-9-7-6-8-10-16)21-14-12-19(3)13-15-21/h6-10,17H,4-5,11-15H2,1-3H3. The molecule has 0 N–H and O–H groups in total. The van der Waals surface area contributed by atoms with Crippen LogP contribution in [0.25, 0.3) is 0 Å². The lowest BCUT2D eigenvalue weighted by Crippen LogP contribution is -2.50. The van der Waals surface area contributed by atoms with Crippen LogP contribution in [-0.2, 0) is 4.79 Å². The van der Waals surface area contributed by atoms with Gasteiger partial charge in [-0.25, -0.2) is 0 Å². The van der Waals surface area contributed by atoms with Crippen molar-refractivity contribution in [2.24, 2.45) is 0 Å². The van der Waals surface area contributed by atoms with Gasteiger partial charge in [-0.2, -0.15) is 0 Å². The quantitative estimate of drug-likeness (QED) is 0.806. The van der Waals surface area contributed by atoms with Crippen molar-refractivity contribution in [3.05, 3.63) is 35.9 Å². The van der Waals surface area contributed by atoms with Crippen LogP contribution in [-0.4, -0.2) is 66.9 Å². The van der Waals surface area contributed by atoms with Crippen molar-refractivity contribution < 1.29 is 4.79 Å². The number of hydrogen-bond donors (Lipinski definition) is 0. The molecule has 1 amide bonds. The maximum absolute atomic E-state index is 13.1. The van der Waals surface area contributed by atoms with Crippen molar-refractivity contribution in [3.63, 3.8) is 0 Å². The Labute approximate surface area is 134 Å². The zero-order chi connectivity index (χ0) is 15.9. The Morgan fingerprint density at radius 3 is 2.32 bits per heavy atom. The maximum Gasteiger partial charge on any atom is 0.244 e. The van der Waals surface area contributed by atoms with E-state index >= 15 is 0 Å². The average Bonchev–Trinajstić information content (AvgIpc) is 2.55. The van der Waals surface area contributed by atoms with Crippen LogP contribution >= 0.6 is 0 Å². The molecule has 1 saturated heterocycles. The largest absolute Gasteiger partial charge is 0.341 e. The van der Waals surface area contributed by atoms with Gasteiger partial charge in [0.2, 0.25) is 5.91 Å². The third kappa shape index (κ3) is 4.08. The highest BCUT2D eigenvalue weighted by Gasteiger charge is 2.32. The molecule has 1 heterocycles. The Balaban J connectivity index is 2.23. The van der Waals surface area contributed by atoms with Gasteiger partial charge in [-0.05, 0) is 26.0 Å². The number of carbonyl (C=O) groups excluding carboxylic acids is 1.